The monoisotopic (exact) mass is 342 g/mol. The highest BCUT2D eigenvalue weighted by Crippen LogP contribution is 2.34. The van der Waals surface area contributed by atoms with Gasteiger partial charge in [-0.05, 0) is 42.7 Å². The summed E-state index contributed by atoms with van der Waals surface area (Å²) in [7, 11) is 0. The van der Waals surface area contributed by atoms with Crippen LogP contribution in [0.3, 0.4) is 0 Å². The zero-order chi connectivity index (χ0) is 17.8. The van der Waals surface area contributed by atoms with E-state index in [9.17, 15) is 9.18 Å². The molecule has 0 N–H and O–H groups in total. The van der Waals surface area contributed by atoms with Crippen molar-refractivity contribution in [2.45, 2.75) is 52.1 Å². The molecule has 0 aliphatic carbocycles. The van der Waals surface area contributed by atoms with Crippen LogP contribution < -0.4 is 0 Å². The SMILES string of the molecule is CCCC[C@H](CC)C(=O)N1CCn2cccc2[C@H]1c1cccc(F)c1. The van der Waals surface area contributed by atoms with Crippen molar-refractivity contribution in [3.05, 3.63) is 59.7 Å². The highest BCUT2D eigenvalue weighted by atomic mass is 19.1. The molecule has 0 spiro atoms. The van der Waals surface area contributed by atoms with Crippen molar-refractivity contribution in [1.29, 1.82) is 0 Å². The molecule has 0 unspecified atom stereocenters. The van der Waals surface area contributed by atoms with E-state index in [0.717, 1.165) is 43.5 Å². The van der Waals surface area contributed by atoms with Crippen molar-refractivity contribution < 1.29 is 9.18 Å². The number of fused-ring (bicyclic) bond motifs is 1. The van der Waals surface area contributed by atoms with Gasteiger partial charge in [-0.25, -0.2) is 4.39 Å². The van der Waals surface area contributed by atoms with Gasteiger partial charge < -0.3 is 9.47 Å². The lowest BCUT2D eigenvalue weighted by Crippen LogP contribution is -2.45. The molecule has 2 atom stereocenters. The van der Waals surface area contributed by atoms with Crippen LogP contribution in [0.1, 0.15) is 56.8 Å². The summed E-state index contributed by atoms with van der Waals surface area (Å²) in [5.74, 6) is 0.00165. The van der Waals surface area contributed by atoms with Crippen LogP contribution in [0.15, 0.2) is 42.6 Å². The zero-order valence-electron chi connectivity index (χ0n) is 15.1. The quantitative estimate of drug-likeness (QED) is 0.742. The average molecular weight is 342 g/mol. The Morgan fingerprint density at radius 1 is 1.24 bits per heavy atom. The number of benzene rings is 1. The maximum Gasteiger partial charge on any atom is 0.226 e. The molecule has 0 bridgehead atoms. The fraction of sp³-hybridized carbons (Fsp3) is 0.476. The highest BCUT2D eigenvalue weighted by Gasteiger charge is 2.34. The molecule has 134 valence electrons. The van der Waals surface area contributed by atoms with Crippen molar-refractivity contribution in [3.63, 3.8) is 0 Å². The van der Waals surface area contributed by atoms with Crippen molar-refractivity contribution >= 4 is 5.91 Å². The van der Waals surface area contributed by atoms with Crippen LogP contribution >= 0.6 is 0 Å². The maximum atomic E-state index is 13.8. The number of carbonyl (C=O) groups is 1. The highest BCUT2D eigenvalue weighted by molar-refractivity contribution is 5.80. The Morgan fingerprint density at radius 2 is 2.08 bits per heavy atom. The summed E-state index contributed by atoms with van der Waals surface area (Å²) in [5, 5.41) is 0. The van der Waals surface area contributed by atoms with Gasteiger partial charge in [0.1, 0.15) is 5.82 Å². The number of rotatable bonds is 6. The second kappa shape index (κ2) is 7.85. The zero-order valence-corrected chi connectivity index (χ0v) is 15.1. The molecule has 1 aromatic carbocycles. The Kier molecular flexibility index (Phi) is 5.57. The number of hydrogen-bond acceptors (Lipinski definition) is 1. The number of unbranched alkanes of at least 4 members (excludes halogenated alkanes) is 1. The van der Waals surface area contributed by atoms with E-state index in [1.165, 1.54) is 6.07 Å². The lowest BCUT2D eigenvalue weighted by atomic mass is 9.93. The number of halogens is 1. The third kappa shape index (κ3) is 3.63. The molecule has 0 fully saturated rings. The van der Waals surface area contributed by atoms with E-state index in [0.29, 0.717) is 6.54 Å². The van der Waals surface area contributed by atoms with Crippen LogP contribution in [-0.4, -0.2) is 21.9 Å². The second-order valence-corrected chi connectivity index (χ2v) is 6.86. The average Bonchev–Trinajstić information content (AvgIpc) is 3.10. The molecular formula is C21H27FN2O. The molecule has 3 rings (SSSR count). The van der Waals surface area contributed by atoms with E-state index in [1.807, 2.05) is 29.3 Å². The minimum atomic E-state index is -0.258. The molecule has 3 nitrogen and oxygen atoms in total. The summed E-state index contributed by atoms with van der Waals surface area (Å²) in [6.07, 6.45) is 5.99. The van der Waals surface area contributed by atoms with Gasteiger partial charge >= 0.3 is 0 Å². The van der Waals surface area contributed by atoms with Crippen LogP contribution in [0, 0.1) is 11.7 Å². The first-order valence-electron chi connectivity index (χ1n) is 9.36. The molecule has 1 aromatic heterocycles. The number of aromatic nitrogens is 1. The van der Waals surface area contributed by atoms with Gasteiger partial charge in [-0.2, -0.15) is 0 Å². The number of carbonyl (C=O) groups excluding carboxylic acids is 1. The summed E-state index contributed by atoms with van der Waals surface area (Å²) >= 11 is 0. The number of amides is 1. The van der Waals surface area contributed by atoms with Crippen LogP contribution in [-0.2, 0) is 11.3 Å². The molecule has 0 radical (unpaired) electrons. The van der Waals surface area contributed by atoms with Gasteiger partial charge in [-0.3, -0.25) is 4.79 Å². The van der Waals surface area contributed by atoms with Crippen molar-refractivity contribution in [2.24, 2.45) is 5.92 Å². The van der Waals surface area contributed by atoms with Crippen molar-refractivity contribution in [3.8, 4) is 0 Å². The maximum absolute atomic E-state index is 13.8. The largest absolute Gasteiger partial charge is 0.348 e. The molecule has 1 amide bonds. The fourth-order valence-corrected chi connectivity index (χ4v) is 3.84. The Bertz CT molecular complexity index is 724. The molecule has 2 heterocycles. The predicted octanol–water partition coefficient (Wildman–Crippen LogP) is 4.78. The van der Waals surface area contributed by atoms with Gasteiger partial charge in [0, 0.05) is 30.9 Å². The number of nitrogens with zero attached hydrogens (tertiary/aromatic N) is 2. The minimum Gasteiger partial charge on any atom is -0.348 e. The normalized spacial score (nSPS) is 18.0. The van der Waals surface area contributed by atoms with Gasteiger partial charge in [0.05, 0.1) is 6.04 Å². The smallest absolute Gasteiger partial charge is 0.226 e. The third-order valence-corrected chi connectivity index (χ3v) is 5.23. The molecule has 4 heteroatoms. The van der Waals surface area contributed by atoms with Crippen LogP contribution in [0.4, 0.5) is 4.39 Å². The van der Waals surface area contributed by atoms with E-state index in [4.69, 9.17) is 0 Å². The third-order valence-electron chi connectivity index (χ3n) is 5.23. The lowest BCUT2D eigenvalue weighted by molar-refractivity contribution is -0.138. The topological polar surface area (TPSA) is 25.2 Å². The van der Waals surface area contributed by atoms with E-state index in [-0.39, 0.29) is 23.7 Å². The Labute approximate surface area is 149 Å². The van der Waals surface area contributed by atoms with Crippen LogP contribution in [0.25, 0.3) is 0 Å². The molecule has 2 aromatic rings. The van der Waals surface area contributed by atoms with Crippen LogP contribution in [0.2, 0.25) is 0 Å². The first-order valence-corrected chi connectivity index (χ1v) is 9.36. The Morgan fingerprint density at radius 3 is 2.80 bits per heavy atom. The molecular weight excluding hydrogens is 315 g/mol. The van der Waals surface area contributed by atoms with E-state index >= 15 is 0 Å². The van der Waals surface area contributed by atoms with Crippen molar-refractivity contribution in [1.82, 2.24) is 9.47 Å². The lowest BCUT2D eigenvalue weighted by Gasteiger charge is -2.39. The van der Waals surface area contributed by atoms with Gasteiger partial charge in [0.2, 0.25) is 5.91 Å². The standard InChI is InChI=1S/C21H27FN2O/c1-3-5-8-16(4-2)21(25)24-14-13-23-12-7-11-19(23)20(24)17-9-6-10-18(22)15-17/h6-7,9-12,15-16,20H,3-5,8,13-14H2,1-2H3/t16-,20+/m0/s1. The van der Waals surface area contributed by atoms with Gasteiger partial charge in [0.25, 0.3) is 0 Å². The van der Waals surface area contributed by atoms with E-state index < -0.39 is 0 Å². The molecule has 1 aliphatic heterocycles. The minimum absolute atomic E-state index is 0.0533. The first-order chi connectivity index (χ1) is 12.2. The Balaban J connectivity index is 1.95. The van der Waals surface area contributed by atoms with E-state index in [1.54, 1.807) is 12.1 Å². The molecule has 1 aliphatic rings. The summed E-state index contributed by atoms with van der Waals surface area (Å²) in [4.78, 5) is 15.2. The summed E-state index contributed by atoms with van der Waals surface area (Å²) < 4.78 is 16.0. The summed E-state index contributed by atoms with van der Waals surface area (Å²) in [6.45, 7) is 5.71. The second-order valence-electron chi connectivity index (χ2n) is 6.86. The Hall–Kier alpha value is -2.10. The molecule has 0 saturated carbocycles. The number of hydrogen-bond donors (Lipinski definition) is 0. The van der Waals surface area contributed by atoms with E-state index in [2.05, 4.69) is 18.4 Å². The van der Waals surface area contributed by atoms with Gasteiger partial charge in [0.15, 0.2) is 0 Å². The van der Waals surface area contributed by atoms with Crippen LogP contribution in [0.5, 0.6) is 0 Å². The summed E-state index contributed by atoms with van der Waals surface area (Å²) in [5.41, 5.74) is 1.91. The first kappa shape index (κ1) is 17.7. The molecule has 25 heavy (non-hydrogen) atoms. The van der Waals surface area contributed by atoms with Crippen molar-refractivity contribution in [2.75, 3.05) is 6.54 Å². The van der Waals surface area contributed by atoms with Gasteiger partial charge in [-0.15, -0.1) is 0 Å². The molecule has 0 saturated heterocycles. The fourth-order valence-electron chi connectivity index (χ4n) is 3.84. The summed E-state index contributed by atoms with van der Waals surface area (Å²) in [6, 6.07) is 10.5. The predicted molar refractivity (Wildman–Crippen MR) is 97.7 cm³/mol. The van der Waals surface area contributed by atoms with Gasteiger partial charge in [-0.1, -0.05) is 38.8 Å².